The number of aromatic nitrogens is 2. The van der Waals surface area contributed by atoms with Gasteiger partial charge in [0.05, 0.1) is 23.2 Å². The summed E-state index contributed by atoms with van der Waals surface area (Å²) < 4.78 is 1.70. The Kier molecular flexibility index (Phi) is 2.95. The van der Waals surface area contributed by atoms with Crippen molar-refractivity contribution < 1.29 is 4.79 Å². The van der Waals surface area contributed by atoms with Gasteiger partial charge in [-0.3, -0.25) is 9.48 Å². The second-order valence-electron chi connectivity index (χ2n) is 4.64. The number of aryl methyl sites for hydroxylation is 1. The Morgan fingerprint density at radius 2 is 1.95 bits per heavy atom. The van der Waals surface area contributed by atoms with E-state index in [0.29, 0.717) is 11.3 Å². The third kappa shape index (κ3) is 2.14. The lowest BCUT2D eigenvalue weighted by Gasteiger charge is -2.10. The smallest absolute Gasteiger partial charge is 0.275 e. The second kappa shape index (κ2) is 4.77. The normalized spacial score (nSPS) is 16.9. The van der Waals surface area contributed by atoms with Crippen LogP contribution in [-0.2, 0) is 11.8 Å². The third-order valence-electron chi connectivity index (χ3n) is 3.10. The minimum absolute atomic E-state index is 0.113. The zero-order chi connectivity index (χ0) is 14.1. The largest absolute Gasteiger partial charge is 0.280 e. The molecule has 1 aliphatic heterocycles. The summed E-state index contributed by atoms with van der Waals surface area (Å²) in [6, 6.07) is 9.41. The van der Waals surface area contributed by atoms with Crippen LogP contribution in [-0.4, -0.2) is 21.4 Å². The highest BCUT2D eigenvalue weighted by atomic mass is 16.2. The minimum Gasteiger partial charge on any atom is -0.275 e. The van der Waals surface area contributed by atoms with Crippen molar-refractivity contribution in [3.05, 3.63) is 53.9 Å². The Bertz CT molecular complexity index is 712. The van der Waals surface area contributed by atoms with E-state index in [2.05, 4.69) is 10.2 Å². The third-order valence-corrected chi connectivity index (χ3v) is 3.10. The summed E-state index contributed by atoms with van der Waals surface area (Å²) in [5, 5.41) is 9.85. The summed E-state index contributed by atoms with van der Waals surface area (Å²) in [6.45, 7) is 1.84. The molecule has 0 atom stereocenters. The topological polar surface area (TPSA) is 50.5 Å². The van der Waals surface area contributed by atoms with Gasteiger partial charge in [-0.05, 0) is 25.1 Å². The quantitative estimate of drug-likeness (QED) is 0.783. The molecule has 1 aromatic heterocycles. The van der Waals surface area contributed by atoms with Crippen LogP contribution in [0.4, 0.5) is 5.69 Å². The number of anilines is 1. The first-order valence-electron chi connectivity index (χ1n) is 6.30. The minimum atomic E-state index is -0.113. The molecule has 3 rings (SSSR count). The lowest BCUT2D eigenvalue weighted by Crippen LogP contribution is -2.21. The van der Waals surface area contributed by atoms with E-state index in [0.717, 1.165) is 11.3 Å². The summed E-state index contributed by atoms with van der Waals surface area (Å²) in [5.74, 6) is -0.113. The number of carbonyl (C=O) groups excluding carboxylic acids is 1. The number of nitrogens with zero attached hydrogens (tertiary/aromatic N) is 4. The van der Waals surface area contributed by atoms with Crippen LogP contribution in [0, 0.1) is 0 Å². The van der Waals surface area contributed by atoms with Crippen molar-refractivity contribution in [3.63, 3.8) is 0 Å². The van der Waals surface area contributed by atoms with E-state index >= 15 is 0 Å². The molecule has 0 saturated heterocycles. The first-order chi connectivity index (χ1) is 9.65. The second-order valence-corrected chi connectivity index (χ2v) is 4.64. The molecule has 0 bridgehead atoms. The van der Waals surface area contributed by atoms with Crippen molar-refractivity contribution in [2.24, 2.45) is 12.1 Å². The van der Waals surface area contributed by atoms with Crippen molar-refractivity contribution in [1.82, 2.24) is 9.78 Å². The van der Waals surface area contributed by atoms with Crippen LogP contribution in [0.25, 0.3) is 6.08 Å². The molecule has 20 heavy (non-hydrogen) atoms. The van der Waals surface area contributed by atoms with Crippen LogP contribution in [0.3, 0.4) is 0 Å². The van der Waals surface area contributed by atoms with E-state index in [1.54, 1.807) is 10.9 Å². The Balaban J connectivity index is 1.95. The van der Waals surface area contributed by atoms with Crippen molar-refractivity contribution in [1.29, 1.82) is 0 Å². The average Bonchev–Trinajstić information content (AvgIpc) is 2.98. The van der Waals surface area contributed by atoms with Gasteiger partial charge in [-0.2, -0.15) is 15.2 Å². The predicted molar refractivity (Wildman–Crippen MR) is 78.2 cm³/mol. The van der Waals surface area contributed by atoms with Gasteiger partial charge in [0.25, 0.3) is 5.91 Å². The lowest BCUT2D eigenvalue weighted by atomic mass is 10.1. The van der Waals surface area contributed by atoms with Crippen LogP contribution in [0.15, 0.2) is 53.4 Å². The number of hydrazone groups is 1. The summed E-state index contributed by atoms with van der Waals surface area (Å²) in [7, 11) is 1.84. The Hall–Kier alpha value is -2.69. The fourth-order valence-electron chi connectivity index (χ4n) is 2.11. The summed E-state index contributed by atoms with van der Waals surface area (Å²) in [4.78, 5) is 12.4. The van der Waals surface area contributed by atoms with Gasteiger partial charge in [0.1, 0.15) is 0 Å². The van der Waals surface area contributed by atoms with Crippen LogP contribution in [0.1, 0.15) is 12.5 Å². The van der Waals surface area contributed by atoms with Gasteiger partial charge in [-0.1, -0.05) is 18.2 Å². The zero-order valence-corrected chi connectivity index (χ0v) is 11.3. The SMILES string of the molecule is CC1=NN(c2ccccc2)C(=O)/C1=C/c1cnn(C)c1. The molecule has 5 heteroatoms. The van der Waals surface area contributed by atoms with Crippen LogP contribution in [0.2, 0.25) is 0 Å². The van der Waals surface area contributed by atoms with E-state index < -0.39 is 0 Å². The number of rotatable bonds is 2. The van der Waals surface area contributed by atoms with Crippen molar-refractivity contribution in [2.75, 3.05) is 5.01 Å². The van der Waals surface area contributed by atoms with Gasteiger partial charge >= 0.3 is 0 Å². The molecule has 2 aromatic rings. The van der Waals surface area contributed by atoms with Crippen LogP contribution in [0.5, 0.6) is 0 Å². The summed E-state index contributed by atoms with van der Waals surface area (Å²) >= 11 is 0. The van der Waals surface area contributed by atoms with Gasteiger partial charge in [0.2, 0.25) is 0 Å². The summed E-state index contributed by atoms with van der Waals surface area (Å²) in [6.07, 6.45) is 5.40. The molecule has 0 unspecified atom stereocenters. The highest BCUT2D eigenvalue weighted by Crippen LogP contribution is 2.24. The first-order valence-corrected chi connectivity index (χ1v) is 6.30. The fraction of sp³-hybridized carbons (Fsp3) is 0.133. The predicted octanol–water partition coefficient (Wildman–Crippen LogP) is 2.23. The highest BCUT2D eigenvalue weighted by Gasteiger charge is 2.28. The zero-order valence-electron chi connectivity index (χ0n) is 11.3. The standard InChI is InChI=1S/C15H14N4O/c1-11-14(8-12-9-16-18(2)10-12)15(20)19(17-11)13-6-4-3-5-7-13/h3-10H,1-2H3/b14-8+. The van der Waals surface area contributed by atoms with E-state index in [-0.39, 0.29) is 5.91 Å². The van der Waals surface area contributed by atoms with E-state index in [4.69, 9.17) is 0 Å². The van der Waals surface area contributed by atoms with Crippen LogP contribution < -0.4 is 5.01 Å². The maximum atomic E-state index is 12.4. The van der Waals surface area contributed by atoms with Crippen molar-refractivity contribution in [2.45, 2.75) is 6.92 Å². The van der Waals surface area contributed by atoms with E-state index in [9.17, 15) is 4.79 Å². The first kappa shape index (κ1) is 12.3. The number of para-hydroxylation sites is 1. The van der Waals surface area contributed by atoms with Crippen molar-refractivity contribution >= 4 is 23.4 Å². The van der Waals surface area contributed by atoms with Crippen molar-refractivity contribution in [3.8, 4) is 0 Å². The Morgan fingerprint density at radius 1 is 1.20 bits per heavy atom. The van der Waals surface area contributed by atoms with E-state index in [1.165, 1.54) is 5.01 Å². The summed E-state index contributed by atoms with van der Waals surface area (Å²) in [5.41, 5.74) is 2.97. The molecule has 0 spiro atoms. The maximum absolute atomic E-state index is 12.4. The molecule has 2 heterocycles. The fourth-order valence-corrected chi connectivity index (χ4v) is 2.11. The van der Waals surface area contributed by atoms with Crippen LogP contribution >= 0.6 is 0 Å². The number of hydrogen-bond donors (Lipinski definition) is 0. The molecule has 5 nitrogen and oxygen atoms in total. The maximum Gasteiger partial charge on any atom is 0.280 e. The molecular weight excluding hydrogens is 252 g/mol. The Morgan fingerprint density at radius 3 is 2.60 bits per heavy atom. The monoisotopic (exact) mass is 266 g/mol. The highest BCUT2D eigenvalue weighted by molar-refractivity contribution is 6.32. The molecule has 1 amide bonds. The van der Waals surface area contributed by atoms with Gasteiger partial charge in [-0.15, -0.1) is 0 Å². The van der Waals surface area contributed by atoms with Gasteiger partial charge in [-0.25, -0.2) is 0 Å². The molecule has 1 aliphatic rings. The molecular formula is C15H14N4O. The number of carbonyl (C=O) groups is 1. The number of benzene rings is 1. The lowest BCUT2D eigenvalue weighted by molar-refractivity contribution is -0.114. The number of amides is 1. The molecule has 0 aliphatic carbocycles. The van der Waals surface area contributed by atoms with E-state index in [1.807, 2.05) is 56.6 Å². The molecule has 0 N–H and O–H groups in total. The molecule has 0 fully saturated rings. The van der Waals surface area contributed by atoms with Gasteiger partial charge in [0.15, 0.2) is 0 Å². The molecule has 100 valence electrons. The van der Waals surface area contributed by atoms with Gasteiger partial charge < -0.3 is 0 Å². The molecule has 1 aromatic carbocycles. The molecule has 0 radical (unpaired) electrons. The average molecular weight is 266 g/mol. The number of hydrogen-bond acceptors (Lipinski definition) is 3. The van der Waals surface area contributed by atoms with Gasteiger partial charge in [0, 0.05) is 18.8 Å². The Labute approximate surface area is 116 Å². The molecule has 0 saturated carbocycles.